The normalized spacial score (nSPS) is 21.7. The van der Waals surface area contributed by atoms with Crippen LogP contribution < -0.4 is 9.47 Å². The Morgan fingerprint density at radius 3 is 2.62 bits per heavy atom. The highest BCUT2D eigenvalue weighted by atomic mass is 35.5. The molecule has 2 aliphatic rings. The van der Waals surface area contributed by atoms with Gasteiger partial charge in [0, 0.05) is 47.4 Å². The van der Waals surface area contributed by atoms with E-state index in [0.717, 1.165) is 59.8 Å². The first-order chi connectivity index (χ1) is 19.0. The van der Waals surface area contributed by atoms with E-state index in [1.165, 1.54) is 0 Å². The van der Waals surface area contributed by atoms with Crippen molar-refractivity contribution in [3.8, 4) is 11.5 Å². The van der Waals surface area contributed by atoms with Crippen LogP contribution in [0.2, 0.25) is 5.02 Å². The molecule has 2 aliphatic heterocycles. The van der Waals surface area contributed by atoms with Crippen LogP contribution in [0.1, 0.15) is 62.9 Å². The summed E-state index contributed by atoms with van der Waals surface area (Å²) in [6, 6.07) is 17.4. The Bertz CT molecular complexity index is 1380. The molecule has 0 spiro atoms. The lowest BCUT2D eigenvalue weighted by atomic mass is 9.66. The van der Waals surface area contributed by atoms with Gasteiger partial charge in [-0.1, -0.05) is 49.7 Å². The van der Waals surface area contributed by atoms with E-state index in [4.69, 9.17) is 21.1 Å². The number of piperidine rings is 1. The second kappa shape index (κ2) is 11.2. The molecule has 5 rings (SSSR count). The molecular formula is C33H39ClN2O4. The van der Waals surface area contributed by atoms with Crippen LogP contribution in [0, 0.1) is 5.41 Å². The van der Waals surface area contributed by atoms with E-state index in [0.29, 0.717) is 23.8 Å². The van der Waals surface area contributed by atoms with E-state index in [2.05, 4.69) is 35.9 Å². The van der Waals surface area contributed by atoms with E-state index in [-0.39, 0.29) is 12.0 Å². The fourth-order valence-electron chi connectivity index (χ4n) is 5.77. The second-order valence-corrected chi connectivity index (χ2v) is 12.7. The van der Waals surface area contributed by atoms with Gasteiger partial charge in [-0.25, -0.2) is 0 Å². The molecule has 3 aromatic rings. The average molecular weight is 563 g/mol. The minimum Gasteiger partial charge on any atom is -0.491 e. The van der Waals surface area contributed by atoms with Crippen LogP contribution in [0.4, 0.5) is 0 Å². The zero-order chi connectivity index (χ0) is 28.5. The van der Waals surface area contributed by atoms with Gasteiger partial charge in [0.2, 0.25) is 0 Å². The SMILES string of the molecule is CC(C)(O)COc1ccc2c(c1)/C(=C/CCN1CC[C@](O)(c3ccc(Cl)cc3)C(C)(C)C1)c1cccnc1CO2. The van der Waals surface area contributed by atoms with Gasteiger partial charge in [0.05, 0.1) is 16.9 Å². The predicted molar refractivity (Wildman–Crippen MR) is 159 cm³/mol. The van der Waals surface area contributed by atoms with Gasteiger partial charge in [-0.3, -0.25) is 4.98 Å². The lowest BCUT2D eigenvalue weighted by Gasteiger charge is -2.50. The third-order valence-electron chi connectivity index (χ3n) is 8.02. The van der Waals surface area contributed by atoms with Crippen LogP contribution in [0.25, 0.3) is 5.57 Å². The van der Waals surface area contributed by atoms with Gasteiger partial charge < -0.3 is 24.6 Å². The Hall–Kier alpha value is -2.90. The van der Waals surface area contributed by atoms with Gasteiger partial charge in [-0.2, -0.15) is 0 Å². The molecule has 3 heterocycles. The zero-order valence-electron chi connectivity index (χ0n) is 23.8. The van der Waals surface area contributed by atoms with Crippen molar-refractivity contribution in [3.05, 3.63) is 94.3 Å². The number of benzene rings is 2. The summed E-state index contributed by atoms with van der Waals surface area (Å²) in [6.45, 7) is 10.8. The van der Waals surface area contributed by atoms with Crippen LogP contribution in [0.3, 0.4) is 0 Å². The number of aromatic nitrogens is 1. The maximum Gasteiger partial charge on any atom is 0.131 e. The standard InChI is InChI=1S/C33H39ClN2O4/c1-31(2)21-36(18-15-33(31,38)23-9-11-24(34)12-10-23)17-6-8-26-27-7-5-16-35-29(27)20-39-30-14-13-25(19-28(26)30)40-22-32(3,4)37/h5,7-14,16,19,37-38H,6,15,17-18,20-22H2,1-4H3/b26-8+/t33-/m0/s1. The van der Waals surface area contributed by atoms with Gasteiger partial charge in [0.15, 0.2) is 0 Å². The van der Waals surface area contributed by atoms with Crippen LogP contribution in [-0.2, 0) is 12.2 Å². The summed E-state index contributed by atoms with van der Waals surface area (Å²) < 4.78 is 12.1. The molecule has 212 valence electrons. The molecule has 6 nitrogen and oxygen atoms in total. The lowest BCUT2D eigenvalue weighted by Crippen LogP contribution is -2.55. The number of hydrogen-bond acceptors (Lipinski definition) is 6. The molecule has 40 heavy (non-hydrogen) atoms. The predicted octanol–water partition coefficient (Wildman–Crippen LogP) is 6.22. The Kier molecular flexibility index (Phi) is 7.99. The second-order valence-electron chi connectivity index (χ2n) is 12.2. The number of fused-ring (bicyclic) bond motifs is 2. The van der Waals surface area contributed by atoms with E-state index in [1.54, 1.807) is 20.0 Å². The minimum atomic E-state index is -0.930. The topological polar surface area (TPSA) is 75.1 Å². The summed E-state index contributed by atoms with van der Waals surface area (Å²) >= 11 is 6.10. The molecule has 2 N–H and O–H groups in total. The molecule has 0 unspecified atom stereocenters. The summed E-state index contributed by atoms with van der Waals surface area (Å²) in [7, 11) is 0. The number of likely N-dealkylation sites (tertiary alicyclic amines) is 1. The number of nitrogens with zero attached hydrogens (tertiary/aromatic N) is 2. The number of halogens is 1. The van der Waals surface area contributed by atoms with E-state index >= 15 is 0 Å². The van der Waals surface area contributed by atoms with Crippen molar-refractivity contribution in [2.24, 2.45) is 5.41 Å². The van der Waals surface area contributed by atoms with Gasteiger partial charge in [-0.05, 0) is 74.2 Å². The summed E-state index contributed by atoms with van der Waals surface area (Å²) in [4.78, 5) is 7.03. The highest BCUT2D eigenvalue weighted by molar-refractivity contribution is 6.30. The van der Waals surface area contributed by atoms with E-state index < -0.39 is 11.2 Å². The Morgan fingerprint density at radius 2 is 1.90 bits per heavy atom. The van der Waals surface area contributed by atoms with Crippen molar-refractivity contribution in [1.82, 2.24) is 9.88 Å². The fraction of sp³-hybridized carbons (Fsp3) is 0.424. The molecule has 0 radical (unpaired) electrons. The van der Waals surface area contributed by atoms with Gasteiger partial charge in [0.1, 0.15) is 24.7 Å². The molecule has 0 bridgehead atoms. The first-order valence-corrected chi connectivity index (χ1v) is 14.3. The summed E-state index contributed by atoms with van der Waals surface area (Å²) in [5.74, 6) is 1.47. The molecule has 0 aliphatic carbocycles. The Balaban J connectivity index is 1.36. The molecule has 1 fully saturated rings. The van der Waals surface area contributed by atoms with E-state index in [9.17, 15) is 10.2 Å². The molecule has 1 aromatic heterocycles. The highest BCUT2D eigenvalue weighted by Crippen LogP contribution is 2.46. The smallest absolute Gasteiger partial charge is 0.131 e. The quantitative estimate of drug-likeness (QED) is 0.356. The zero-order valence-corrected chi connectivity index (χ0v) is 24.5. The van der Waals surface area contributed by atoms with Gasteiger partial charge in [0.25, 0.3) is 0 Å². The molecular weight excluding hydrogens is 524 g/mol. The average Bonchev–Trinajstić information content (AvgIpc) is 3.06. The summed E-state index contributed by atoms with van der Waals surface area (Å²) in [5, 5.41) is 22.6. The number of ether oxygens (including phenoxy) is 2. The van der Waals surface area contributed by atoms with Crippen LogP contribution in [-0.4, -0.2) is 51.9 Å². The van der Waals surface area contributed by atoms with Gasteiger partial charge in [-0.15, -0.1) is 0 Å². The largest absolute Gasteiger partial charge is 0.491 e. The molecule has 1 atom stereocenters. The minimum absolute atomic E-state index is 0.191. The maximum absolute atomic E-state index is 11.7. The monoisotopic (exact) mass is 562 g/mol. The maximum atomic E-state index is 11.7. The van der Waals surface area contributed by atoms with Crippen molar-refractivity contribution in [3.63, 3.8) is 0 Å². The van der Waals surface area contributed by atoms with Crippen molar-refractivity contribution in [1.29, 1.82) is 0 Å². The molecule has 0 saturated carbocycles. The number of aliphatic hydroxyl groups is 2. The highest BCUT2D eigenvalue weighted by Gasteiger charge is 2.48. The molecule has 1 saturated heterocycles. The van der Waals surface area contributed by atoms with Crippen molar-refractivity contribution in [2.45, 2.75) is 58.3 Å². The number of hydrogen-bond donors (Lipinski definition) is 2. The van der Waals surface area contributed by atoms with E-state index in [1.807, 2.05) is 48.5 Å². The van der Waals surface area contributed by atoms with Crippen LogP contribution >= 0.6 is 11.6 Å². The lowest BCUT2D eigenvalue weighted by molar-refractivity contribution is -0.125. The first-order valence-electron chi connectivity index (χ1n) is 13.9. The van der Waals surface area contributed by atoms with Crippen molar-refractivity contribution in [2.75, 3.05) is 26.2 Å². The Morgan fingerprint density at radius 1 is 1.12 bits per heavy atom. The first kappa shape index (κ1) is 28.6. The fourth-order valence-corrected chi connectivity index (χ4v) is 5.90. The van der Waals surface area contributed by atoms with Crippen molar-refractivity contribution < 1.29 is 19.7 Å². The summed E-state index contributed by atoms with van der Waals surface area (Å²) in [6.07, 6.45) is 5.54. The third-order valence-corrected chi connectivity index (χ3v) is 8.27. The number of rotatable bonds is 7. The summed E-state index contributed by atoms with van der Waals surface area (Å²) in [5.41, 5.74) is 2.72. The van der Waals surface area contributed by atoms with Gasteiger partial charge >= 0.3 is 0 Å². The Labute approximate surface area is 242 Å². The molecule has 7 heteroatoms. The number of pyridine rings is 1. The third kappa shape index (κ3) is 6.06. The van der Waals surface area contributed by atoms with Crippen LogP contribution in [0.15, 0.2) is 66.9 Å². The van der Waals surface area contributed by atoms with Crippen molar-refractivity contribution >= 4 is 17.2 Å². The molecule has 2 aromatic carbocycles. The van der Waals surface area contributed by atoms with Crippen LogP contribution in [0.5, 0.6) is 11.5 Å². The molecule has 0 amide bonds.